The predicted octanol–water partition coefficient (Wildman–Crippen LogP) is 1.93. The van der Waals surface area contributed by atoms with Crippen LogP contribution >= 0.6 is 0 Å². The summed E-state index contributed by atoms with van der Waals surface area (Å²) in [6, 6.07) is 3.77. The predicted molar refractivity (Wildman–Crippen MR) is 143 cm³/mol. The fourth-order valence-corrected chi connectivity index (χ4v) is 4.03. The molecular formula is C28H38N4O7. The summed E-state index contributed by atoms with van der Waals surface area (Å²) in [5.41, 5.74) is 5.62. The van der Waals surface area contributed by atoms with Crippen LogP contribution in [0, 0.1) is 12.3 Å². The molecule has 0 aromatic heterocycles. The molecule has 2 atom stereocenters. The van der Waals surface area contributed by atoms with Gasteiger partial charge >= 0.3 is 12.1 Å². The van der Waals surface area contributed by atoms with Crippen LogP contribution in [0.25, 0.3) is 0 Å². The molecule has 1 aromatic rings. The van der Waals surface area contributed by atoms with Crippen molar-refractivity contribution in [3.8, 4) is 12.3 Å². The van der Waals surface area contributed by atoms with Crippen molar-refractivity contribution in [1.29, 1.82) is 0 Å². The number of ether oxygens (including phenoxy) is 2. The van der Waals surface area contributed by atoms with Crippen molar-refractivity contribution in [2.24, 2.45) is 5.73 Å². The van der Waals surface area contributed by atoms with Crippen molar-refractivity contribution in [1.82, 2.24) is 15.5 Å². The zero-order valence-corrected chi connectivity index (χ0v) is 23.0. The molecule has 0 radical (unpaired) electrons. The van der Waals surface area contributed by atoms with Crippen molar-refractivity contribution in [2.75, 3.05) is 13.2 Å². The second kappa shape index (κ2) is 14.2. The summed E-state index contributed by atoms with van der Waals surface area (Å²) in [4.78, 5) is 65.1. The van der Waals surface area contributed by atoms with E-state index in [0.717, 1.165) is 6.42 Å². The van der Waals surface area contributed by atoms with E-state index in [1.54, 1.807) is 52.0 Å². The van der Waals surface area contributed by atoms with Gasteiger partial charge in [0.15, 0.2) is 0 Å². The van der Waals surface area contributed by atoms with E-state index in [1.165, 1.54) is 4.90 Å². The van der Waals surface area contributed by atoms with Crippen LogP contribution in [0.5, 0.6) is 0 Å². The molecule has 1 fully saturated rings. The summed E-state index contributed by atoms with van der Waals surface area (Å²) >= 11 is 0. The Balaban J connectivity index is 2.44. The van der Waals surface area contributed by atoms with Gasteiger partial charge in [-0.3, -0.25) is 19.2 Å². The first-order valence-corrected chi connectivity index (χ1v) is 13.0. The van der Waals surface area contributed by atoms with Gasteiger partial charge in [-0.15, -0.1) is 6.42 Å². The number of alkyl carbamates (subject to hydrolysis) is 1. The highest BCUT2D eigenvalue weighted by molar-refractivity contribution is 5.95. The van der Waals surface area contributed by atoms with Crippen LogP contribution in [0.15, 0.2) is 24.3 Å². The molecule has 0 heterocycles. The molecule has 2 rings (SSSR count). The minimum absolute atomic E-state index is 0.00975. The lowest BCUT2D eigenvalue weighted by Crippen LogP contribution is -2.58. The Morgan fingerprint density at radius 1 is 1.15 bits per heavy atom. The number of rotatable bonds is 12. The fraction of sp³-hybridized carbons (Fsp3) is 0.536. The first-order valence-electron chi connectivity index (χ1n) is 13.0. The summed E-state index contributed by atoms with van der Waals surface area (Å²) in [5.74, 6) is 0.0346. The number of amides is 4. The SMILES string of the molecule is C#Cc1ccc(C(C(=O)NCCC(=O)OCC)N(C(=O)C(CC(N)=O)NC(=O)OC(C)(C)C)C2CCC2)cc1. The molecule has 0 spiro atoms. The molecule has 0 bridgehead atoms. The third kappa shape index (κ3) is 9.63. The largest absolute Gasteiger partial charge is 0.466 e. The zero-order chi connectivity index (χ0) is 29.2. The molecule has 2 unspecified atom stereocenters. The normalized spacial score (nSPS) is 14.5. The van der Waals surface area contributed by atoms with Crippen LogP contribution in [-0.4, -0.2) is 65.5 Å². The van der Waals surface area contributed by atoms with E-state index in [9.17, 15) is 24.0 Å². The van der Waals surface area contributed by atoms with Crippen molar-refractivity contribution in [3.05, 3.63) is 35.4 Å². The van der Waals surface area contributed by atoms with Crippen molar-refractivity contribution in [2.45, 2.75) is 83.5 Å². The Morgan fingerprint density at radius 3 is 2.28 bits per heavy atom. The molecule has 11 heteroatoms. The average molecular weight is 543 g/mol. The van der Waals surface area contributed by atoms with Crippen molar-refractivity contribution >= 4 is 29.8 Å². The number of benzene rings is 1. The minimum atomic E-state index is -1.36. The van der Waals surface area contributed by atoms with Crippen LogP contribution in [0.3, 0.4) is 0 Å². The summed E-state index contributed by atoms with van der Waals surface area (Å²) in [6.45, 7) is 6.87. The highest BCUT2D eigenvalue weighted by Crippen LogP contribution is 2.34. The van der Waals surface area contributed by atoms with E-state index in [4.69, 9.17) is 21.6 Å². The maximum atomic E-state index is 14.0. The van der Waals surface area contributed by atoms with Gasteiger partial charge in [0.1, 0.15) is 17.7 Å². The molecular weight excluding hydrogens is 504 g/mol. The van der Waals surface area contributed by atoms with Crippen LogP contribution in [-0.2, 0) is 28.7 Å². The number of carbonyl (C=O) groups is 5. The van der Waals surface area contributed by atoms with Gasteiger partial charge in [-0.1, -0.05) is 18.1 Å². The van der Waals surface area contributed by atoms with Crippen LogP contribution in [0.2, 0.25) is 0 Å². The zero-order valence-electron chi connectivity index (χ0n) is 23.0. The van der Waals surface area contributed by atoms with Gasteiger partial charge in [0.05, 0.1) is 19.4 Å². The van der Waals surface area contributed by atoms with Gasteiger partial charge in [0.25, 0.3) is 0 Å². The Hall–Kier alpha value is -4.07. The Labute approximate surface area is 229 Å². The van der Waals surface area contributed by atoms with Gasteiger partial charge in [-0.05, 0) is 64.7 Å². The van der Waals surface area contributed by atoms with Crippen LogP contribution < -0.4 is 16.4 Å². The van der Waals surface area contributed by atoms with Crippen molar-refractivity contribution in [3.63, 3.8) is 0 Å². The summed E-state index contributed by atoms with van der Waals surface area (Å²) in [7, 11) is 0. The second-order valence-electron chi connectivity index (χ2n) is 10.2. The fourth-order valence-electron chi connectivity index (χ4n) is 4.03. The number of nitrogens with zero attached hydrogens (tertiary/aromatic N) is 1. The Morgan fingerprint density at radius 2 is 1.79 bits per heavy atom. The number of hydrogen-bond donors (Lipinski definition) is 3. The Kier molecular flexibility index (Phi) is 11.3. The maximum absolute atomic E-state index is 14.0. The van der Waals surface area contributed by atoms with Crippen molar-refractivity contribution < 1.29 is 33.4 Å². The highest BCUT2D eigenvalue weighted by atomic mass is 16.6. The number of esters is 1. The van der Waals surface area contributed by atoms with Crippen LogP contribution in [0.1, 0.15) is 77.0 Å². The molecule has 0 saturated heterocycles. The monoisotopic (exact) mass is 542 g/mol. The molecule has 212 valence electrons. The van der Waals surface area contributed by atoms with Gasteiger partial charge in [-0.2, -0.15) is 0 Å². The van der Waals surface area contributed by atoms with Gasteiger partial charge < -0.3 is 30.7 Å². The third-order valence-corrected chi connectivity index (χ3v) is 5.97. The molecule has 4 N–H and O–H groups in total. The van der Waals surface area contributed by atoms with E-state index >= 15 is 0 Å². The smallest absolute Gasteiger partial charge is 0.408 e. The molecule has 1 aliphatic rings. The van der Waals surface area contributed by atoms with Gasteiger partial charge in [-0.25, -0.2) is 4.79 Å². The van der Waals surface area contributed by atoms with E-state index in [1.807, 2.05) is 0 Å². The van der Waals surface area contributed by atoms with E-state index in [0.29, 0.717) is 24.0 Å². The Bertz CT molecular complexity index is 1080. The van der Waals surface area contributed by atoms with E-state index in [-0.39, 0.29) is 25.6 Å². The second-order valence-corrected chi connectivity index (χ2v) is 10.2. The molecule has 0 aliphatic heterocycles. The number of carbonyl (C=O) groups excluding carboxylic acids is 5. The number of primary amides is 1. The summed E-state index contributed by atoms with van der Waals surface area (Å²) in [6.07, 6.45) is 6.12. The molecule has 4 amide bonds. The highest BCUT2D eigenvalue weighted by Gasteiger charge is 2.42. The number of nitrogens with two attached hydrogens (primary N) is 1. The lowest BCUT2D eigenvalue weighted by atomic mass is 9.87. The number of terminal acetylenes is 1. The molecule has 1 aliphatic carbocycles. The van der Waals surface area contributed by atoms with E-state index < -0.39 is 53.9 Å². The standard InChI is InChI=1S/C28H38N4O7/c1-6-18-11-13-19(14-12-18)24(25(35)30-16-15-23(34)38-7-2)32(20-9-8-10-20)26(36)21(17-22(29)33)31-27(37)39-28(3,4)5/h1,11-14,20-21,24H,7-10,15-17H2,2-5H3,(H2,29,33)(H,30,35)(H,31,37). The molecule has 11 nitrogen and oxygen atoms in total. The first kappa shape index (κ1) is 31.1. The number of nitrogens with one attached hydrogen (secondary N) is 2. The lowest BCUT2D eigenvalue weighted by molar-refractivity contribution is -0.148. The first-order chi connectivity index (χ1) is 18.4. The van der Waals surface area contributed by atoms with E-state index in [2.05, 4.69) is 16.6 Å². The van der Waals surface area contributed by atoms with Crippen LogP contribution in [0.4, 0.5) is 4.79 Å². The summed E-state index contributed by atoms with van der Waals surface area (Å²) < 4.78 is 10.2. The van der Waals surface area contributed by atoms with Gasteiger partial charge in [0.2, 0.25) is 17.7 Å². The lowest BCUT2D eigenvalue weighted by Gasteiger charge is -2.43. The van der Waals surface area contributed by atoms with Gasteiger partial charge in [0, 0.05) is 18.2 Å². The molecule has 1 saturated carbocycles. The quantitative estimate of drug-likeness (QED) is 0.269. The minimum Gasteiger partial charge on any atom is -0.466 e. The molecule has 1 aromatic carbocycles. The maximum Gasteiger partial charge on any atom is 0.408 e. The topological polar surface area (TPSA) is 157 Å². The average Bonchev–Trinajstić information content (AvgIpc) is 2.80. The summed E-state index contributed by atoms with van der Waals surface area (Å²) in [5, 5.41) is 5.16. The third-order valence-electron chi connectivity index (χ3n) is 5.97. The number of hydrogen-bond acceptors (Lipinski definition) is 7. The molecule has 39 heavy (non-hydrogen) atoms.